The van der Waals surface area contributed by atoms with Crippen LogP contribution in [-0.2, 0) is 16.1 Å². The normalized spacial score (nSPS) is 20.7. The van der Waals surface area contributed by atoms with Crippen LogP contribution in [0.5, 0.6) is 0 Å². The number of aromatic nitrogens is 1. The minimum Gasteiger partial charge on any atom is -0.366 e. The number of primary amides is 1. The zero-order valence-corrected chi connectivity index (χ0v) is 20.6. The molecule has 2 aliphatic heterocycles. The van der Waals surface area contributed by atoms with E-state index in [0.717, 1.165) is 11.0 Å². The van der Waals surface area contributed by atoms with Gasteiger partial charge in [0.05, 0.1) is 16.8 Å². The first-order chi connectivity index (χ1) is 17.3. The van der Waals surface area contributed by atoms with E-state index >= 15 is 0 Å². The molecule has 0 saturated carbocycles. The Hall–Kier alpha value is -3.51. The van der Waals surface area contributed by atoms with E-state index in [1.54, 1.807) is 19.0 Å². The van der Waals surface area contributed by atoms with Gasteiger partial charge in [0.2, 0.25) is 17.7 Å². The lowest BCUT2D eigenvalue weighted by molar-refractivity contribution is -0.167. The molecule has 2 aliphatic rings. The zero-order chi connectivity index (χ0) is 27.2. The van der Waals surface area contributed by atoms with Crippen LogP contribution in [0.3, 0.4) is 0 Å². The summed E-state index contributed by atoms with van der Waals surface area (Å²) in [6, 6.07) is 1.77. The molecule has 1 saturated heterocycles. The highest BCUT2D eigenvalue weighted by Gasteiger charge is 2.57. The summed E-state index contributed by atoms with van der Waals surface area (Å²) in [6.07, 6.45) is -4.04. The minimum atomic E-state index is -4.98. The van der Waals surface area contributed by atoms with Gasteiger partial charge in [-0.15, -0.1) is 0 Å². The number of nitrogens with zero attached hydrogens (tertiary/aromatic N) is 3. The van der Waals surface area contributed by atoms with Gasteiger partial charge >= 0.3 is 6.18 Å². The quantitative estimate of drug-likeness (QED) is 0.546. The highest BCUT2D eigenvalue weighted by Crippen LogP contribution is 2.52. The van der Waals surface area contributed by atoms with Crippen LogP contribution >= 0.6 is 11.6 Å². The Morgan fingerprint density at radius 2 is 1.97 bits per heavy atom. The second-order valence-electron chi connectivity index (χ2n) is 9.26. The number of nitrogens with two attached hydrogens (primary N) is 1. The summed E-state index contributed by atoms with van der Waals surface area (Å²) in [5.41, 5.74) is 5.03. The topological polar surface area (TPSA) is 126 Å². The van der Waals surface area contributed by atoms with Crippen molar-refractivity contribution >= 4 is 35.2 Å². The number of halogens is 4. The van der Waals surface area contributed by atoms with E-state index in [9.17, 15) is 32.3 Å². The number of hydrogen-bond donors (Lipinski definition) is 2. The molecule has 0 aliphatic carbocycles. The number of carbonyl (C=O) groups excluding carboxylic acids is 4. The largest absolute Gasteiger partial charge is 0.399 e. The summed E-state index contributed by atoms with van der Waals surface area (Å²) < 4.78 is 44.5. The molecule has 1 aromatic carbocycles. The third kappa shape index (κ3) is 5.03. The Bertz CT molecular complexity index is 1300. The van der Waals surface area contributed by atoms with Crippen molar-refractivity contribution in [2.24, 2.45) is 5.73 Å². The maximum atomic E-state index is 14.8. The van der Waals surface area contributed by atoms with E-state index in [1.807, 2.05) is 0 Å². The van der Waals surface area contributed by atoms with Gasteiger partial charge in [0.25, 0.3) is 5.91 Å². The van der Waals surface area contributed by atoms with Crippen LogP contribution in [0.1, 0.15) is 62.3 Å². The Balaban J connectivity index is 1.92. The Morgan fingerprint density at radius 1 is 1.27 bits per heavy atom. The lowest BCUT2D eigenvalue weighted by Gasteiger charge is -2.38. The lowest BCUT2D eigenvalue weighted by Crippen LogP contribution is -2.55. The van der Waals surface area contributed by atoms with Gasteiger partial charge in [0.1, 0.15) is 12.0 Å². The number of alkyl halides is 3. The van der Waals surface area contributed by atoms with Gasteiger partial charge in [-0.1, -0.05) is 11.6 Å². The van der Waals surface area contributed by atoms with Crippen LogP contribution in [0.15, 0.2) is 30.5 Å². The summed E-state index contributed by atoms with van der Waals surface area (Å²) in [5, 5.41) is 1.82. The van der Waals surface area contributed by atoms with Gasteiger partial charge < -0.3 is 15.5 Å². The SMILES string of the molecule is CN(C)Cc1cnc([C@@H](C2c3cc(C(N)=O)ccc3C(=O)N2C2CCC(=O)NC2=O)C(F)(F)F)c(Cl)c1. The summed E-state index contributed by atoms with van der Waals surface area (Å²) >= 11 is 6.34. The van der Waals surface area contributed by atoms with Crippen molar-refractivity contribution in [2.45, 2.75) is 43.6 Å². The molecule has 37 heavy (non-hydrogen) atoms. The number of fused-ring (bicyclic) bond motifs is 1. The number of amides is 4. The number of benzene rings is 1. The first-order valence-corrected chi connectivity index (χ1v) is 11.6. The van der Waals surface area contributed by atoms with Crippen LogP contribution in [0.25, 0.3) is 0 Å². The fourth-order valence-corrected chi connectivity index (χ4v) is 5.15. The van der Waals surface area contributed by atoms with E-state index in [-0.39, 0.29) is 34.6 Å². The second kappa shape index (κ2) is 9.75. The molecule has 0 spiro atoms. The minimum absolute atomic E-state index is 0.108. The highest BCUT2D eigenvalue weighted by molar-refractivity contribution is 6.31. The molecule has 1 aromatic heterocycles. The van der Waals surface area contributed by atoms with E-state index in [2.05, 4.69) is 10.3 Å². The lowest BCUT2D eigenvalue weighted by atomic mass is 9.87. The smallest absolute Gasteiger partial charge is 0.366 e. The van der Waals surface area contributed by atoms with Crippen LogP contribution in [0.4, 0.5) is 13.2 Å². The molecule has 3 atom stereocenters. The van der Waals surface area contributed by atoms with E-state index < -0.39 is 53.5 Å². The summed E-state index contributed by atoms with van der Waals surface area (Å²) in [6.45, 7) is 0.374. The van der Waals surface area contributed by atoms with Crippen molar-refractivity contribution in [1.82, 2.24) is 20.1 Å². The fraction of sp³-hybridized carbons (Fsp3) is 0.375. The van der Waals surface area contributed by atoms with Gasteiger partial charge in [-0.3, -0.25) is 29.5 Å². The molecule has 4 amide bonds. The Kier molecular flexibility index (Phi) is 6.99. The third-order valence-corrected chi connectivity index (χ3v) is 6.66. The van der Waals surface area contributed by atoms with Crippen molar-refractivity contribution < 1.29 is 32.3 Å². The Morgan fingerprint density at radius 3 is 2.54 bits per heavy atom. The fourth-order valence-electron chi connectivity index (χ4n) is 4.85. The molecule has 3 N–H and O–H groups in total. The maximum Gasteiger partial charge on any atom is 0.399 e. The number of piperidine rings is 1. The van der Waals surface area contributed by atoms with Gasteiger partial charge in [0.15, 0.2) is 0 Å². The van der Waals surface area contributed by atoms with E-state index in [4.69, 9.17) is 17.3 Å². The monoisotopic (exact) mass is 537 g/mol. The number of rotatable bonds is 6. The van der Waals surface area contributed by atoms with Crippen molar-refractivity contribution in [3.05, 3.63) is 63.4 Å². The number of imide groups is 1. The molecular formula is C24H23ClF3N5O4. The van der Waals surface area contributed by atoms with Crippen LogP contribution in [-0.4, -0.2) is 64.7 Å². The predicted octanol–water partition coefficient (Wildman–Crippen LogP) is 2.54. The molecule has 3 heterocycles. The van der Waals surface area contributed by atoms with E-state index in [1.165, 1.54) is 24.4 Å². The summed E-state index contributed by atoms with van der Waals surface area (Å²) in [5.74, 6) is -5.68. The zero-order valence-electron chi connectivity index (χ0n) is 19.8. The van der Waals surface area contributed by atoms with Crippen LogP contribution < -0.4 is 11.1 Å². The second-order valence-corrected chi connectivity index (χ2v) is 9.67. The highest BCUT2D eigenvalue weighted by atomic mass is 35.5. The Labute approximate surface area is 214 Å². The van der Waals surface area contributed by atoms with E-state index in [0.29, 0.717) is 12.1 Å². The van der Waals surface area contributed by atoms with Crippen LogP contribution in [0, 0.1) is 0 Å². The van der Waals surface area contributed by atoms with Gasteiger partial charge in [0, 0.05) is 30.3 Å². The summed E-state index contributed by atoms with van der Waals surface area (Å²) in [4.78, 5) is 56.4. The molecule has 4 rings (SSSR count). The molecule has 2 unspecified atom stereocenters. The predicted molar refractivity (Wildman–Crippen MR) is 125 cm³/mol. The molecule has 0 bridgehead atoms. The maximum absolute atomic E-state index is 14.8. The number of carbonyl (C=O) groups is 4. The summed E-state index contributed by atoms with van der Waals surface area (Å²) in [7, 11) is 3.55. The van der Waals surface area contributed by atoms with Crippen molar-refractivity contribution in [3.63, 3.8) is 0 Å². The molecular weight excluding hydrogens is 515 g/mol. The average Bonchev–Trinajstić information content (AvgIpc) is 3.05. The van der Waals surface area contributed by atoms with Gasteiger partial charge in [-0.25, -0.2) is 0 Å². The van der Waals surface area contributed by atoms with Crippen molar-refractivity contribution in [1.29, 1.82) is 0 Å². The molecule has 196 valence electrons. The van der Waals surface area contributed by atoms with Crippen molar-refractivity contribution in [2.75, 3.05) is 14.1 Å². The van der Waals surface area contributed by atoms with Crippen molar-refractivity contribution in [3.8, 4) is 0 Å². The number of pyridine rings is 1. The van der Waals surface area contributed by atoms with Crippen LogP contribution in [0.2, 0.25) is 5.02 Å². The molecule has 1 fully saturated rings. The molecule has 2 aromatic rings. The molecule has 0 radical (unpaired) electrons. The molecule has 13 heteroatoms. The first kappa shape index (κ1) is 26.6. The standard InChI is InChI=1S/C24H23ClF3N5O4/c1-32(2)10-11-7-15(25)19(30-9-11)18(24(26,27)28)20-14-8-12(21(29)35)3-4-13(14)23(37)33(20)16-5-6-17(34)31-22(16)36/h3-4,7-9,16,18,20H,5-6,10H2,1-2H3,(H2,29,35)(H,31,34,36)/t16?,18-,20?/m0/s1. The average molecular weight is 538 g/mol. The first-order valence-electron chi connectivity index (χ1n) is 11.3. The van der Waals surface area contributed by atoms with Gasteiger partial charge in [-0.05, 0) is 55.9 Å². The third-order valence-electron chi connectivity index (χ3n) is 6.35. The number of hydrogen-bond acceptors (Lipinski definition) is 6. The van der Waals surface area contributed by atoms with Gasteiger partial charge in [-0.2, -0.15) is 13.2 Å². The molecule has 9 nitrogen and oxygen atoms in total. The number of nitrogens with one attached hydrogen (secondary N) is 1.